The van der Waals surface area contributed by atoms with Crippen molar-refractivity contribution in [1.82, 2.24) is 14.2 Å². The Morgan fingerprint density at radius 3 is 2.48 bits per heavy atom. The fraction of sp³-hybridized carbons (Fsp3) is 0.348. The zero-order valence-corrected chi connectivity index (χ0v) is 19.0. The van der Waals surface area contributed by atoms with Gasteiger partial charge in [-0.1, -0.05) is 23.7 Å². The minimum Gasteiger partial charge on any atom is -0.352 e. The molecule has 0 unspecified atom stereocenters. The number of carbonyl (C=O) groups is 1. The number of aryl methyl sites for hydroxylation is 1. The van der Waals surface area contributed by atoms with Crippen LogP contribution in [0.5, 0.6) is 0 Å². The Morgan fingerprint density at radius 2 is 1.81 bits per heavy atom. The number of nitrogens with zero attached hydrogens (tertiary/aromatic N) is 2. The SMILES string of the molecule is CCn1ccc2cc(S(=O)(=O)N3CCC(C(=O)NCc4ccc(Cl)cc4)CC3)ccc21. The molecule has 2 heterocycles. The molecule has 6 nitrogen and oxygen atoms in total. The standard InChI is InChI=1S/C23H26ClN3O3S/c1-2-26-12-9-19-15-21(7-8-22(19)26)31(29,30)27-13-10-18(11-14-27)23(28)25-16-17-3-5-20(24)6-4-17/h3-9,12,15,18H,2,10-11,13-14,16H2,1H3,(H,25,28). The average Bonchev–Trinajstić information content (AvgIpc) is 3.21. The maximum Gasteiger partial charge on any atom is 0.243 e. The van der Waals surface area contributed by atoms with Crippen LogP contribution in [0.4, 0.5) is 0 Å². The fourth-order valence-corrected chi connectivity index (χ4v) is 5.69. The van der Waals surface area contributed by atoms with E-state index in [0.29, 0.717) is 42.4 Å². The summed E-state index contributed by atoms with van der Waals surface area (Å²) >= 11 is 5.89. The molecule has 31 heavy (non-hydrogen) atoms. The average molecular weight is 460 g/mol. The van der Waals surface area contributed by atoms with Gasteiger partial charge in [0.05, 0.1) is 4.90 Å². The van der Waals surface area contributed by atoms with Gasteiger partial charge in [-0.05, 0) is 61.7 Å². The van der Waals surface area contributed by atoms with Crippen LogP contribution in [-0.2, 0) is 27.9 Å². The van der Waals surface area contributed by atoms with Crippen molar-refractivity contribution in [1.29, 1.82) is 0 Å². The van der Waals surface area contributed by atoms with E-state index in [1.165, 1.54) is 4.31 Å². The second-order valence-electron chi connectivity index (χ2n) is 7.85. The summed E-state index contributed by atoms with van der Waals surface area (Å²) in [7, 11) is -3.58. The first-order valence-electron chi connectivity index (χ1n) is 10.5. The quantitative estimate of drug-likeness (QED) is 0.604. The summed E-state index contributed by atoms with van der Waals surface area (Å²) in [5.74, 6) is -0.214. The van der Waals surface area contributed by atoms with E-state index < -0.39 is 10.0 Å². The van der Waals surface area contributed by atoms with Gasteiger partial charge >= 0.3 is 0 Å². The van der Waals surface area contributed by atoms with Crippen molar-refractivity contribution < 1.29 is 13.2 Å². The molecule has 2 aromatic carbocycles. The maximum atomic E-state index is 13.1. The Morgan fingerprint density at radius 1 is 1.10 bits per heavy atom. The highest BCUT2D eigenvalue weighted by atomic mass is 35.5. The molecule has 1 aromatic heterocycles. The number of hydrogen-bond acceptors (Lipinski definition) is 3. The number of piperidine rings is 1. The molecule has 0 aliphatic carbocycles. The highest BCUT2D eigenvalue weighted by molar-refractivity contribution is 7.89. The summed E-state index contributed by atoms with van der Waals surface area (Å²) in [4.78, 5) is 12.8. The summed E-state index contributed by atoms with van der Waals surface area (Å²) in [5.41, 5.74) is 2.00. The first kappa shape index (κ1) is 21.9. The number of fused-ring (bicyclic) bond motifs is 1. The topological polar surface area (TPSA) is 71.4 Å². The van der Waals surface area contributed by atoms with E-state index >= 15 is 0 Å². The Labute approximate surface area is 187 Å². The van der Waals surface area contributed by atoms with Gasteiger partial charge in [0, 0.05) is 54.2 Å². The molecule has 1 saturated heterocycles. The lowest BCUT2D eigenvalue weighted by Gasteiger charge is -2.30. The van der Waals surface area contributed by atoms with Gasteiger partial charge in [-0.25, -0.2) is 8.42 Å². The van der Waals surface area contributed by atoms with Gasteiger partial charge < -0.3 is 9.88 Å². The number of carbonyl (C=O) groups excluding carboxylic acids is 1. The van der Waals surface area contributed by atoms with E-state index in [9.17, 15) is 13.2 Å². The number of aromatic nitrogens is 1. The molecule has 1 N–H and O–H groups in total. The molecule has 0 bridgehead atoms. The summed E-state index contributed by atoms with van der Waals surface area (Å²) in [6.07, 6.45) is 3.00. The third-order valence-corrected chi connectivity index (χ3v) is 8.07. The Hall–Kier alpha value is -2.35. The van der Waals surface area contributed by atoms with E-state index in [1.54, 1.807) is 24.3 Å². The number of halogens is 1. The van der Waals surface area contributed by atoms with Gasteiger partial charge in [0.15, 0.2) is 0 Å². The van der Waals surface area contributed by atoms with Gasteiger partial charge in [0.2, 0.25) is 15.9 Å². The van der Waals surface area contributed by atoms with Gasteiger partial charge in [0.25, 0.3) is 0 Å². The zero-order chi connectivity index (χ0) is 22.0. The molecule has 1 amide bonds. The highest BCUT2D eigenvalue weighted by Gasteiger charge is 2.32. The van der Waals surface area contributed by atoms with E-state index in [-0.39, 0.29) is 11.8 Å². The van der Waals surface area contributed by atoms with E-state index in [1.807, 2.05) is 30.5 Å². The molecule has 164 valence electrons. The van der Waals surface area contributed by atoms with Crippen molar-refractivity contribution in [2.75, 3.05) is 13.1 Å². The molecule has 0 atom stereocenters. The molecule has 0 spiro atoms. The van der Waals surface area contributed by atoms with Crippen LogP contribution in [0.2, 0.25) is 5.02 Å². The van der Waals surface area contributed by atoms with E-state index in [0.717, 1.165) is 23.0 Å². The summed E-state index contributed by atoms with van der Waals surface area (Å²) in [6.45, 7) is 4.01. The Kier molecular flexibility index (Phi) is 6.36. The smallest absolute Gasteiger partial charge is 0.243 e. The van der Waals surface area contributed by atoms with Crippen LogP contribution in [0, 0.1) is 5.92 Å². The van der Waals surface area contributed by atoms with Crippen molar-refractivity contribution >= 4 is 38.4 Å². The van der Waals surface area contributed by atoms with Crippen LogP contribution >= 0.6 is 11.6 Å². The zero-order valence-electron chi connectivity index (χ0n) is 17.4. The lowest BCUT2D eigenvalue weighted by Crippen LogP contribution is -2.42. The molecule has 1 aliphatic heterocycles. The van der Waals surface area contributed by atoms with Gasteiger partial charge in [-0.15, -0.1) is 0 Å². The van der Waals surface area contributed by atoms with Crippen LogP contribution in [0.1, 0.15) is 25.3 Å². The summed E-state index contributed by atoms with van der Waals surface area (Å²) in [5, 5.41) is 4.52. The number of rotatable bonds is 6. The molecule has 0 saturated carbocycles. The molecule has 1 aliphatic rings. The molecular formula is C23H26ClN3O3S. The second kappa shape index (κ2) is 9.02. The van der Waals surface area contributed by atoms with Crippen molar-refractivity contribution in [3.63, 3.8) is 0 Å². The van der Waals surface area contributed by atoms with Crippen LogP contribution in [-0.4, -0.2) is 36.3 Å². The summed E-state index contributed by atoms with van der Waals surface area (Å²) < 4.78 is 29.8. The minimum atomic E-state index is -3.58. The fourth-order valence-electron chi connectivity index (χ4n) is 4.06. The van der Waals surface area contributed by atoms with Crippen LogP contribution < -0.4 is 5.32 Å². The normalized spacial score (nSPS) is 15.9. The summed E-state index contributed by atoms with van der Waals surface area (Å²) in [6, 6.07) is 14.6. The first-order chi connectivity index (χ1) is 14.9. The van der Waals surface area contributed by atoms with Crippen molar-refractivity contribution in [3.8, 4) is 0 Å². The number of sulfonamides is 1. The predicted molar refractivity (Wildman–Crippen MR) is 122 cm³/mol. The molecule has 4 rings (SSSR count). The Bertz CT molecular complexity index is 1180. The molecule has 8 heteroatoms. The van der Waals surface area contributed by atoms with Crippen LogP contribution in [0.15, 0.2) is 59.6 Å². The molecule has 3 aromatic rings. The largest absolute Gasteiger partial charge is 0.352 e. The Balaban J connectivity index is 1.37. The van der Waals surface area contributed by atoms with Gasteiger partial charge in [-0.2, -0.15) is 4.31 Å². The number of amides is 1. The van der Waals surface area contributed by atoms with Gasteiger partial charge in [-0.3, -0.25) is 4.79 Å². The monoisotopic (exact) mass is 459 g/mol. The maximum absolute atomic E-state index is 13.1. The lowest BCUT2D eigenvalue weighted by atomic mass is 9.97. The van der Waals surface area contributed by atoms with Gasteiger partial charge in [0.1, 0.15) is 0 Å². The molecule has 1 fully saturated rings. The second-order valence-corrected chi connectivity index (χ2v) is 10.2. The third-order valence-electron chi connectivity index (χ3n) is 5.93. The van der Waals surface area contributed by atoms with Crippen LogP contribution in [0.3, 0.4) is 0 Å². The predicted octanol–water partition coefficient (Wildman–Crippen LogP) is 4.03. The van der Waals surface area contributed by atoms with Crippen molar-refractivity contribution in [2.24, 2.45) is 5.92 Å². The third kappa shape index (κ3) is 4.63. The molecular weight excluding hydrogens is 434 g/mol. The molecule has 0 radical (unpaired) electrons. The first-order valence-corrected chi connectivity index (χ1v) is 12.3. The number of benzene rings is 2. The lowest BCUT2D eigenvalue weighted by molar-refractivity contribution is -0.126. The van der Waals surface area contributed by atoms with Crippen LogP contribution in [0.25, 0.3) is 10.9 Å². The van der Waals surface area contributed by atoms with Crippen molar-refractivity contribution in [3.05, 3.63) is 65.3 Å². The number of nitrogens with one attached hydrogen (secondary N) is 1. The highest BCUT2D eigenvalue weighted by Crippen LogP contribution is 2.27. The van der Waals surface area contributed by atoms with Crippen molar-refractivity contribution in [2.45, 2.75) is 37.8 Å². The minimum absolute atomic E-state index is 0.0330. The number of hydrogen-bond donors (Lipinski definition) is 1. The van der Waals surface area contributed by atoms with E-state index in [4.69, 9.17) is 11.6 Å². The van der Waals surface area contributed by atoms with E-state index in [2.05, 4.69) is 16.8 Å².